The highest BCUT2D eigenvalue weighted by Crippen LogP contribution is 2.23. The van der Waals surface area contributed by atoms with Crippen molar-refractivity contribution in [3.8, 4) is 17.6 Å². The Bertz CT molecular complexity index is 801. The topological polar surface area (TPSA) is 74.1 Å². The summed E-state index contributed by atoms with van der Waals surface area (Å²) in [6.45, 7) is 0. The molecule has 0 spiro atoms. The molecule has 0 bridgehead atoms. The number of carbonyl (C=O) groups excluding carboxylic acids is 1. The van der Waals surface area contributed by atoms with Gasteiger partial charge in [-0.05, 0) is 49.2 Å². The molecular formula is C21H21N3O2. The third-order valence-electron chi connectivity index (χ3n) is 4.27. The van der Waals surface area contributed by atoms with E-state index in [2.05, 4.69) is 10.6 Å². The van der Waals surface area contributed by atoms with Crippen molar-refractivity contribution in [2.24, 2.45) is 0 Å². The maximum Gasteiger partial charge on any atom is 0.263 e. The van der Waals surface area contributed by atoms with E-state index in [0.717, 1.165) is 37.1 Å². The number of nitrogens with one attached hydrogen (secondary N) is 2. The summed E-state index contributed by atoms with van der Waals surface area (Å²) in [5.41, 5.74) is 0.841. The summed E-state index contributed by atoms with van der Waals surface area (Å²) in [7, 11) is 0. The standard InChI is InChI=1S/C21H21N3O2/c22-14-16(21(25)24-18-6-4-5-7-18)15-23-17-10-12-20(13-11-17)26-19-8-2-1-3-9-19/h1-3,8-13,15,18,23H,4-7H2,(H,24,25)/b16-15-. The van der Waals surface area contributed by atoms with Crippen molar-refractivity contribution in [2.45, 2.75) is 31.7 Å². The highest BCUT2D eigenvalue weighted by atomic mass is 16.5. The minimum Gasteiger partial charge on any atom is -0.457 e. The molecule has 0 aromatic heterocycles. The molecule has 26 heavy (non-hydrogen) atoms. The minimum absolute atomic E-state index is 0.0708. The number of carbonyl (C=O) groups is 1. The third kappa shape index (κ3) is 4.87. The lowest BCUT2D eigenvalue weighted by Gasteiger charge is -2.11. The van der Waals surface area contributed by atoms with Crippen LogP contribution in [0.2, 0.25) is 0 Å². The number of nitriles is 1. The van der Waals surface area contributed by atoms with Crippen LogP contribution in [0.3, 0.4) is 0 Å². The fourth-order valence-corrected chi connectivity index (χ4v) is 2.88. The summed E-state index contributed by atoms with van der Waals surface area (Å²) < 4.78 is 5.73. The van der Waals surface area contributed by atoms with Gasteiger partial charge in [0.25, 0.3) is 5.91 Å². The van der Waals surface area contributed by atoms with Gasteiger partial charge in [-0.1, -0.05) is 31.0 Å². The van der Waals surface area contributed by atoms with Crippen molar-refractivity contribution in [3.05, 3.63) is 66.4 Å². The van der Waals surface area contributed by atoms with Crippen LogP contribution >= 0.6 is 0 Å². The second kappa shape index (κ2) is 8.72. The number of para-hydroxylation sites is 1. The van der Waals surface area contributed by atoms with Gasteiger partial charge in [0.2, 0.25) is 0 Å². The first-order valence-electron chi connectivity index (χ1n) is 8.75. The summed E-state index contributed by atoms with van der Waals surface area (Å²) in [5.74, 6) is 1.16. The van der Waals surface area contributed by atoms with Gasteiger partial charge >= 0.3 is 0 Å². The van der Waals surface area contributed by atoms with E-state index >= 15 is 0 Å². The van der Waals surface area contributed by atoms with E-state index in [1.54, 1.807) is 0 Å². The predicted molar refractivity (Wildman–Crippen MR) is 101 cm³/mol. The molecule has 5 nitrogen and oxygen atoms in total. The van der Waals surface area contributed by atoms with Crippen LogP contribution in [0.4, 0.5) is 5.69 Å². The number of rotatable bonds is 6. The summed E-state index contributed by atoms with van der Waals surface area (Å²) in [4.78, 5) is 12.1. The molecule has 0 heterocycles. The normalized spacial score (nSPS) is 14.5. The zero-order chi connectivity index (χ0) is 18.2. The fraction of sp³-hybridized carbons (Fsp3) is 0.238. The Morgan fingerprint density at radius 2 is 1.69 bits per heavy atom. The lowest BCUT2D eigenvalue weighted by atomic mass is 10.2. The monoisotopic (exact) mass is 347 g/mol. The van der Waals surface area contributed by atoms with E-state index in [9.17, 15) is 10.1 Å². The second-order valence-electron chi connectivity index (χ2n) is 6.21. The molecule has 2 N–H and O–H groups in total. The van der Waals surface area contributed by atoms with Gasteiger partial charge in [-0.25, -0.2) is 0 Å². The van der Waals surface area contributed by atoms with E-state index in [0.29, 0.717) is 5.75 Å². The van der Waals surface area contributed by atoms with Crippen LogP contribution in [0.25, 0.3) is 0 Å². The van der Waals surface area contributed by atoms with E-state index < -0.39 is 0 Å². The molecule has 0 saturated heterocycles. The van der Waals surface area contributed by atoms with Crippen molar-refractivity contribution >= 4 is 11.6 Å². The highest BCUT2D eigenvalue weighted by Gasteiger charge is 2.19. The number of ether oxygens (including phenoxy) is 1. The van der Waals surface area contributed by atoms with Gasteiger partial charge in [-0.2, -0.15) is 5.26 Å². The highest BCUT2D eigenvalue weighted by molar-refractivity contribution is 5.97. The Labute approximate surface area is 153 Å². The van der Waals surface area contributed by atoms with E-state index in [-0.39, 0.29) is 17.5 Å². The van der Waals surface area contributed by atoms with Crippen LogP contribution in [0, 0.1) is 11.3 Å². The average Bonchev–Trinajstić information content (AvgIpc) is 3.17. The number of amides is 1. The molecule has 3 rings (SSSR count). The van der Waals surface area contributed by atoms with E-state index in [1.165, 1.54) is 6.20 Å². The smallest absolute Gasteiger partial charge is 0.263 e. The Balaban J connectivity index is 1.57. The summed E-state index contributed by atoms with van der Waals surface area (Å²) >= 11 is 0. The molecule has 1 amide bonds. The molecule has 2 aromatic rings. The van der Waals surface area contributed by atoms with Gasteiger partial charge in [-0.3, -0.25) is 4.79 Å². The van der Waals surface area contributed by atoms with Crippen molar-refractivity contribution in [3.63, 3.8) is 0 Å². The Kier molecular flexibility index (Phi) is 5.89. The summed E-state index contributed by atoms with van der Waals surface area (Å²) in [5, 5.41) is 15.1. The van der Waals surface area contributed by atoms with E-state index in [1.807, 2.05) is 60.7 Å². The van der Waals surface area contributed by atoms with Crippen LogP contribution < -0.4 is 15.4 Å². The Morgan fingerprint density at radius 1 is 1.04 bits per heavy atom. The molecule has 0 aliphatic heterocycles. The van der Waals surface area contributed by atoms with Crippen LogP contribution in [0.1, 0.15) is 25.7 Å². The SMILES string of the molecule is N#C/C(=C/Nc1ccc(Oc2ccccc2)cc1)C(=O)NC1CCCC1. The maximum absolute atomic E-state index is 12.1. The van der Waals surface area contributed by atoms with Crippen molar-refractivity contribution in [1.29, 1.82) is 5.26 Å². The first-order valence-corrected chi connectivity index (χ1v) is 8.75. The molecule has 1 fully saturated rings. The first kappa shape index (κ1) is 17.6. The van der Waals surface area contributed by atoms with Gasteiger partial charge in [0.05, 0.1) is 0 Å². The van der Waals surface area contributed by atoms with Crippen LogP contribution in [0.15, 0.2) is 66.4 Å². The molecule has 5 heteroatoms. The van der Waals surface area contributed by atoms with Crippen LogP contribution in [-0.2, 0) is 4.79 Å². The number of hydrogen-bond donors (Lipinski definition) is 2. The predicted octanol–water partition coefficient (Wildman–Crippen LogP) is 4.36. The molecule has 1 aliphatic carbocycles. The molecule has 0 radical (unpaired) electrons. The molecule has 0 atom stereocenters. The van der Waals surface area contributed by atoms with Gasteiger partial charge in [0.15, 0.2) is 0 Å². The van der Waals surface area contributed by atoms with Gasteiger partial charge in [0, 0.05) is 17.9 Å². The number of hydrogen-bond acceptors (Lipinski definition) is 4. The average molecular weight is 347 g/mol. The lowest BCUT2D eigenvalue weighted by Crippen LogP contribution is -2.33. The summed E-state index contributed by atoms with van der Waals surface area (Å²) in [6.07, 6.45) is 5.68. The molecule has 1 aliphatic rings. The fourth-order valence-electron chi connectivity index (χ4n) is 2.88. The first-order chi connectivity index (χ1) is 12.7. The molecular weight excluding hydrogens is 326 g/mol. The Morgan fingerprint density at radius 3 is 2.35 bits per heavy atom. The van der Waals surface area contributed by atoms with Gasteiger partial charge in [0.1, 0.15) is 23.1 Å². The number of benzene rings is 2. The Hall–Kier alpha value is -3.26. The lowest BCUT2D eigenvalue weighted by molar-refractivity contribution is -0.117. The van der Waals surface area contributed by atoms with Crippen LogP contribution in [0.5, 0.6) is 11.5 Å². The largest absolute Gasteiger partial charge is 0.457 e. The van der Waals surface area contributed by atoms with E-state index in [4.69, 9.17) is 4.74 Å². The van der Waals surface area contributed by atoms with Crippen LogP contribution in [-0.4, -0.2) is 11.9 Å². The van der Waals surface area contributed by atoms with Crippen molar-refractivity contribution in [2.75, 3.05) is 5.32 Å². The number of anilines is 1. The zero-order valence-electron chi connectivity index (χ0n) is 14.4. The molecule has 2 aromatic carbocycles. The maximum atomic E-state index is 12.1. The molecule has 0 unspecified atom stereocenters. The molecule has 132 valence electrons. The van der Waals surface area contributed by atoms with Crippen molar-refractivity contribution < 1.29 is 9.53 Å². The van der Waals surface area contributed by atoms with Crippen molar-refractivity contribution in [1.82, 2.24) is 5.32 Å². The molecule has 1 saturated carbocycles. The number of nitrogens with zero attached hydrogens (tertiary/aromatic N) is 1. The zero-order valence-corrected chi connectivity index (χ0v) is 14.4. The van der Waals surface area contributed by atoms with Gasteiger partial charge in [-0.15, -0.1) is 0 Å². The summed E-state index contributed by atoms with van der Waals surface area (Å²) in [6, 6.07) is 19.0. The second-order valence-corrected chi connectivity index (χ2v) is 6.21. The third-order valence-corrected chi connectivity index (χ3v) is 4.27. The quantitative estimate of drug-likeness (QED) is 0.601. The van der Waals surface area contributed by atoms with Gasteiger partial charge < -0.3 is 15.4 Å². The minimum atomic E-state index is -0.323.